The molecule has 4 aromatic rings. The van der Waals surface area contributed by atoms with Crippen LogP contribution in [0.4, 0.5) is 0 Å². The number of hydrogen-bond donors (Lipinski definition) is 0. The average molecular weight is 348 g/mol. The van der Waals surface area contributed by atoms with Gasteiger partial charge in [-0.1, -0.05) is 108 Å². The first-order chi connectivity index (χ1) is 13.2. The Kier molecular flexibility index (Phi) is 4.89. The van der Waals surface area contributed by atoms with E-state index < -0.39 is 0 Å². The minimum Gasteiger partial charge on any atom is -0.0622 e. The Labute approximate surface area is 162 Å². The van der Waals surface area contributed by atoms with Crippen molar-refractivity contribution in [3.63, 3.8) is 0 Å². The van der Waals surface area contributed by atoms with Crippen LogP contribution in [0.1, 0.15) is 22.3 Å². The molecule has 0 aromatic heterocycles. The smallest absolute Gasteiger partial charge is 0.00253 e. The normalized spacial score (nSPS) is 10.7. The molecule has 0 radical (unpaired) electrons. The first-order valence-corrected chi connectivity index (χ1v) is 9.49. The van der Waals surface area contributed by atoms with E-state index in [-0.39, 0.29) is 0 Å². The summed E-state index contributed by atoms with van der Waals surface area (Å²) in [6.07, 6.45) is 0.944. The van der Waals surface area contributed by atoms with Gasteiger partial charge in [-0.3, -0.25) is 0 Å². The highest BCUT2D eigenvalue weighted by molar-refractivity contribution is 5.67. The second-order valence-corrected chi connectivity index (χ2v) is 7.32. The Hall–Kier alpha value is -3.12. The van der Waals surface area contributed by atoms with Gasteiger partial charge in [0.05, 0.1) is 0 Å². The molecule has 0 fully saturated rings. The molecule has 0 unspecified atom stereocenters. The second kappa shape index (κ2) is 7.63. The maximum absolute atomic E-state index is 2.32. The topological polar surface area (TPSA) is 0 Å². The SMILES string of the molecule is Cc1cc(C)cc(-c2cccc(Cc3cccc(-c4ccccc4)c3)c2)c1. The van der Waals surface area contributed by atoms with Crippen molar-refractivity contribution in [1.29, 1.82) is 0 Å². The number of hydrogen-bond acceptors (Lipinski definition) is 0. The van der Waals surface area contributed by atoms with Crippen LogP contribution in [0.3, 0.4) is 0 Å². The Morgan fingerprint density at radius 1 is 0.444 bits per heavy atom. The molecular weight excluding hydrogens is 324 g/mol. The summed E-state index contributed by atoms with van der Waals surface area (Å²) in [5.74, 6) is 0. The summed E-state index contributed by atoms with van der Waals surface area (Å²) in [7, 11) is 0. The van der Waals surface area contributed by atoms with Gasteiger partial charge in [0.25, 0.3) is 0 Å². The zero-order chi connectivity index (χ0) is 18.6. The van der Waals surface area contributed by atoms with Gasteiger partial charge >= 0.3 is 0 Å². The standard InChI is InChI=1S/C27H24/c1-20-14-21(2)16-27(15-20)26-13-7-9-23(19-26)17-22-8-6-12-25(18-22)24-10-4-3-5-11-24/h3-16,18-19H,17H2,1-2H3. The predicted molar refractivity (Wildman–Crippen MR) is 116 cm³/mol. The molecule has 0 heterocycles. The van der Waals surface area contributed by atoms with Crippen molar-refractivity contribution in [1.82, 2.24) is 0 Å². The molecule has 4 aromatic carbocycles. The molecule has 0 saturated heterocycles. The third-order valence-electron chi connectivity index (χ3n) is 4.92. The summed E-state index contributed by atoms with van der Waals surface area (Å²) in [5, 5.41) is 0. The Balaban J connectivity index is 1.62. The van der Waals surface area contributed by atoms with Crippen LogP contribution in [0.5, 0.6) is 0 Å². The van der Waals surface area contributed by atoms with Crippen molar-refractivity contribution >= 4 is 0 Å². The average Bonchev–Trinajstić information content (AvgIpc) is 2.68. The lowest BCUT2D eigenvalue weighted by atomic mass is 9.96. The third-order valence-corrected chi connectivity index (χ3v) is 4.92. The fourth-order valence-electron chi connectivity index (χ4n) is 3.73. The lowest BCUT2D eigenvalue weighted by Gasteiger charge is -2.09. The molecular formula is C27H24. The molecule has 0 atom stereocenters. The van der Waals surface area contributed by atoms with Gasteiger partial charge < -0.3 is 0 Å². The third kappa shape index (κ3) is 4.17. The van der Waals surface area contributed by atoms with E-state index in [9.17, 15) is 0 Å². The van der Waals surface area contributed by atoms with Crippen molar-refractivity contribution in [2.24, 2.45) is 0 Å². The molecule has 0 heteroatoms. The van der Waals surface area contributed by atoms with E-state index in [2.05, 4.69) is 111 Å². The van der Waals surface area contributed by atoms with E-state index in [1.807, 2.05) is 0 Å². The summed E-state index contributed by atoms with van der Waals surface area (Å²) in [6.45, 7) is 4.32. The Morgan fingerprint density at radius 2 is 0.963 bits per heavy atom. The van der Waals surface area contributed by atoms with Gasteiger partial charge in [0.1, 0.15) is 0 Å². The zero-order valence-corrected chi connectivity index (χ0v) is 15.9. The molecule has 0 aliphatic heterocycles. The van der Waals surface area contributed by atoms with Crippen LogP contribution in [0.25, 0.3) is 22.3 Å². The molecule has 4 rings (SSSR count). The molecule has 0 N–H and O–H groups in total. The lowest BCUT2D eigenvalue weighted by molar-refractivity contribution is 1.19. The van der Waals surface area contributed by atoms with Gasteiger partial charge in [0.15, 0.2) is 0 Å². The van der Waals surface area contributed by atoms with Crippen molar-refractivity contribution in [2.45, 2.75) is 20.3 Å². The highest BCUT2D eigenvalue weighted by Gasteiger charge is 2.04. The monoisotopic (exact) mass is 348 g/mol. The molecule has 132 valence electrons. The number of benzene rings is 4. The van der Waals surface area contributed by atoms with Crippen molar-refractivity contribution < 1.29 is 0 Å². The van der Waals surface area contributed by atoms with Crippen LogP contribution < -0.4 is 0 Å². The minimum absolute atomic E-state index is 0.944. The maximum Gasteiger partial charge on any atom is -0.00253 e. The summed E-state index contributed by atoms with van der Waals surface area (Å²) in [5.41, 5.74) is 10.4. The highest BCUT2D eigenvalue weighted by atomic mass is 14.1. The molecule has 0 nitrogen and oxygen atoms in total. The van der Waals surface area contributed by atoms with E-state index in [0.717, 1.165) is 6.42 Å². The second-order valence-electron chi connectivity index (χ2n) is 7.32. The van der Waals surface area contributed by atoms with Crippen molar-refractivity contribution in [3.8, 4) is 22.3 Å². The number of rotatable bonds is 4. The summed E-state index contributed by atoms with van der Waals surface area (Å²) in [4.78, 5) is 0. The van der Waals surface area contributed by atoms with Crippen molar-refractivity contribution in [2.75, 3.05) is 0 Å². The first-order valence-electron chi connectivity index (χ1n) is 9.49. The van der Waals surface area contributed by atoms with Crippen LogP contribution in [-0.2, 0) is 6.42 Å². The van der Waals surface area contributed by atoms with E-state index in [1.54, 1.807) is 0 Å². The molecule has 0 amide bonds. The van der Waals surface area contributed by atoms with Gasteiger partial charge in [-0.05, 0) is 53.6 Å². The van der Waals surface area contributed by atoms with Crippen molar-refractivity contribution in [3.05, 3.63) is 119 Å². The Morgan fingerprint density at radius 3 is 1.56 bits per heavy atom. The summed E-state index contributed by atoms with van der Waals surface area (Å²) >= 11 is 0. The maximum atomic E-state index is 2.32. The first kappa shape index (κ1) is 17.3. The van der Waals surface area contributed by atoms with Gasteiger partial charge in [0, 0.05) is 0 Å². The van der Waals surface area contributed by atoms with Crippen LogP contribution in [0.15, 0.2) is 97.1 Å². The van der Waals surface area contributed by atoms with Gasteiger partial charge in [-0.2, -0.15) is 0 Å². The lowest BCUT2D eigenvalue weighted by Crippen LogP contribution is -1.90. The summed E-state index contributed by atoms with van der Waals surface area (Å²) < 4.78 is 0. The molecule has 0 bridgehead atoms. The van der Waals surface area contributed by atoms with E-state index in [0.29, 0.717) is 0 Å². The quantitative estimate of drug-likeness (QED) is 0.365. The van der Waals surface area contributed by atoms with Gasteiger partial charge in [-0.25, -0.2) is 0 Å². The number of aryl methyl sites for hydroxylation is 2. The largest absolute Gasteiger partial charge is 0.0622 e. The predicted octanol–water partition coefficient (Wildman–Crippen LogP) is 7.23. The van der Waals surface area contributed by atoms with Crippen LogP contribution in [-0.4, -0.2) is 0 Å². The Bertz CT molecular complexity index is 1040. The van der Waals surface area contributed by atoms with Gasteiger partial charge in [0.2, 0.25) is 0 Å². The van der Waals surface area contributed by atoms with E-state index >= 15 is 0 Å². The molecule has 0 aliphatic rings. The highest BCUT2D eigenvalue weighted by Crippen LogP contribution is 2.25. The fraction of sp³-hybridized carbons (Fsp3) is 0.111. The van der Waals surface area contributed by atoms with E-state index in [4.69, 9.17) is 0 Å². The molecule has 0 saturated carbocycles. The van der Waals surface area contributed by atoms with Gasteiger partial charge in [-0.15, -0.1) is 0 Å². The van der Waals surface area contributed by atoms with E-state index in [1.165, 1.54) is 44.5 Å². The van der Waals surface area contributed by atoms with Crippen LogP contribution in [0.2, 0.25) is 0 Å². The fourth-order valence-corrected chi connectivity index (χ4v) is 3.73. The van der Waals surface area contributed by atoms with Crippen LogP contribution >= 0.6 is 0 Å². The van der Waals surface area contributed by atoms with Crippen LogP contribution in [0, 0.1) is 13.8 Å². The zero-order valence-electron chi connectivity index (χ0n) is 15.9. The minimum atomic E-state index is 0.944. The summed E-state index contributed by atoms with van der Waals surface area (Å²) in [6, 6.07) is 35.1. The molecule has 0 spiro atoms. The molecule has 27 heavy (non-hydrogen) atoms. The molecule has 0 aliphatic carbocycles.